The van der Waals surface area contributed by atoms with Gasteiger partial charge in [-0.05, 0) is 26.5 Å². The molecule has 0 bridgehead atoms. The molecule has 0 aliphatic carbocycles. The van der Waals surface area contributed by atoms with E-state index in [1.807, 2.05) is 32.7 Å². The number of H-pyrrole nitrogens is 1. The lowest BCUT2D eigenvalue weighted by Gasteiger charge is -2.23. The highest BCUT2D eigenvalue weighted by molar-refractivity contribution is 5.92. The van der Waals surface area contributed by atoms with E-state index >= 15 is 0 Å². The van der Waals surface area contributed by atoms with Gasteiger partial charge in [0.15, 0.2) is 5.82 Å². The zero-order valence-electron chi connectivity index (χ0n) is 14.6. The first-order chi connectivity index (χ1) is 11.4. The molecule has 8 nitrogen and oxygen atoms in total. The Labute approximate surface area is 141 Å². The molecule has 3 rings (SSSR count). The summed E-state index contributed by atoms with van der Waals surface area (Å²) in [5.41, 5.74) is 1.37. The Hall–Kier alpha value is -2.22. The van der Waals surface area contributed by atoms with Gasteiger partial charge in [-0.1, -0.05) is 19.0 Å². The first-order valence-electron chi connectivity index (χ1n) is 8.28. The van der Waals surface area contributed by atoms with Crippen LogP contribution in [0.15, 0.2) is 10.6 Å². The van der Waals surface area contributed by atoms with Crippen LogP contribution in [0, 0.1) is 6.92 Å². The third-order valence-corrected chi connectivity index (χ3v) is 4.37. The molecule has 3 heterocycles. The first kappa shape index (κ1) is 16.6. The maximum absolute atomic E-state index is 12.5. The standard InChI is InChI=1S/C16H24N6O2/c1-10(2)15-17-14(20-24-15)9-21(4)12-5-6-22(8-12)16(23)13-7-11(3)18-19-13/h7,10,12H,5-6,8-9H2,1-4H3,(H,18,19)/t12-/m1/s1. The van der Waals surface area contributed by atoms with Gasteiger partial charge >= 0.3 is 0 Å². The van der Waals surface area contributed by atoms with Gasteiger partial charge in [-0.15, -0.1) is 0 Å². The second kappa shape index (κ2) is 6.72. The van der Waals surface area contributed by atoms with Gasteiger partial charge in [0, 0.05) is 30.7 Å². The van der Waals surface area contributed by atoms with E-state index in [0.717, 1.165) is 18.7 Å². The zero-order valence-corrected chi connectivity index (χ0v) is 14.6. The maximum Gasteiger partial charge on any atom is 0.274 e. The molecule has 0 spiro atoms. The van der Waals surface area contributed by atoms with Gasteiger partial charge in [0.25, 0.3) is 5.91 Å². The van der Waals surface area contributed by atoms with E-state index in [1.165, 1.54) is 0 Å². The van der Waals surface area contributed by atoms with E-state index in [9.17, 15) is 4.79 Å². The number of amides is 1. The van der Waals surface area contributed by atoms with Crippen molar-refractivity contribution in [1.29, 1.82) is 0 Å². The third kappa shape index (κ3) is 3.48. The van der Waals surface area contributed by atoms with Crippen LogP contribution in [0.5, 0.6) is 0 Å². The lowest BCUT2D eigenvalue weighted by atomic mass is 10.2. The molecule has 1 atom stereocenters. The van der Waals surface area contributed by atoms with E-state index in [-0.39, 0.29) is 17.9 Å². The highest BCUT2D eigenvalue weighted by Gasteiger charge is 2.30. The minimum absolute atomic E-state index is 0.0168. The number of rotatable bonds is 5. The fourth-order valence-electron chi connectivity index (χ4n) is 2.89. The Bertz CT molecular complexity index is 707. The average Bonchev–Trinajstić information content (AvgIpc) is 3.26. The highest BCUT2D eigenvalue weighted by Crippen LogP contribution is 2.19. The lowest BCUT2D eigenvalue weighted by Crippen LogP contribution is -2.36. The van der Waals surface area contributed by atoms with Crippen molar-refractivity contribution in [1.82, 2.24) is 30.1 Å². The number of aryl methyl sites for hydroxylation is 1. The Morgan fingerprint density at radius 2 is 2.33 bits per heavy atom. The summed E-state index contributed by atoms with van der Waals surface area (Å²) < 4.78 is 5.25. The Morgan fingerprint density at radius 3 is 2.96 bits per heavy atom. The Balaban J connectivity index is 1.57. The van der Waals surface area contributed by atoms with Crippen LogP contribution in [-0.4, -0.2) is 62.2 Å². The quantitative estimate of drug-likeness (QED) is 0.894. The summed E-state index contributed by atoms with van der Waals surface area (Å²) in [4.78, 5) is 20.9. The number of hydrogen-bond donors (Lipinski definition) is 1. The van der Waals surface area contributed by atoms with E-state index in [4.69, 9.17) is 4.52 Å². The van der Waals surface area contributed by atoms with Crippen LogP contribution in [0.4, 0.5) is 0 Å². The summed E-state index contributed by atoms with van der Waals surface area (Å²) in [5.74, 6) is 1.56. The van der Waals surface area contributed by atoms with Crippen molar-refractivity contribution in [2.75, 3.05) is 20.1 Å². The molecule has 2 aromatic rings. The van der Waals surface area contributed by atoms with Crippen LogP contribution in [-0.2, 0) is 6.54 Å². The summed E-state index contributed by atoms with van der Waals surface area (Å²) >= 11 is 0. The van der Waals surface area contributed by atoms with Gasteiger partial charge in [0.2, 0.25) is 5.89 Å². The van der Waals surface area contributed by atoms with Gasteiger partial charge in [0.05, 0.1) is 6.54 Å². The fourth-order valence-corrected chi connectivity index (χ4v) is 2.89. The van der Waals surface area contributed by atoms with Crippen molar-refractivity contribution in [3.8, 4) is 0 Å². The maximum atomic E-state index is 12.5. The van der Waals surface area contributed by atoms with Crippen LogP contribution in [0.3, 0.4) is 0 Å². The van der Waals surface area contributed by atoms with Crippen molar-refractivity contribution >= 4 is 5.91 Å². The summed E-state index contributed by atoms with van der Waals surface area (Å²) in [7, 11) is 2.03. The van der Waals surface area contributed by atoms with Gasteiger partial charge in [-0.3, -0.25) is 14.8 Å². The molecule has 0 saturated carbocycles. The molecule has 0 aromatic carbocycles. The zero-order chi connectivity index (χ0) is 17.3. The first-order valence-corrected chi connectivity index (χ1v) is 8.28. The Kier molecular flexibility index (Phi) is 4.66. The molecule has 24 heavy (non-hydrogen) atoms. The van der Waals surface area contributed by atoms with Crippen LogP contribution in [0.25, 0.3) is 0 Å². The van der Waals surface area contributed by atoms with Crippen molar-refractivity contribution in [3.63, 3.8) is 0 Å². The topological polar surface area (TPSA) is 91.2 Å². The van der Waals surface area contributed by atoms with Crippen molar-refractivity contribution < 1.29 is 9.32 Å². The van der Waals surface area contributed by atoms with Crippen molar-refractivity contribution in [2.45, 2.75) is 45.7 Å². The smallest absolute Gasteiger partial charge is 0.274 e. The van der Waals surface area contributed by atoms with Crippen LogP contribution in [0.2, 0.25) is 0 Å². The SMILES string of the molecule is Cc1cc(C(=O)N2CC[C@@H](N(C)Cc3noc(C(C)C)n3)C2)n[nH]1. The molecular weight excluding hydrogens is 308 g/mol. The van der Waals surface area contributed by atoms with E-state index < -0.39 is 0 Å². The average molecular weight is 332 g/mol. The number of aromatic amines is 1. The van der Waals surface area contributed by atoms with Crippen molar-refractivity contribution in [3.05, 3.63) is 29.2 Å². The monoisotopic (exact) mass is 332 g/mol. The van der Waals surface area contributed by atoms with Gasteiger partial charge in [-0.25, -0.2) is 0 Å². The molecule has 0 radical (unpaired) electrons. The second-order valence-corrected chi connectivity index (χ2v) is 6.75. The molecular formula is C16H24N6O2. The Morgan fingerprint density at radius 1 is 1.54 bits per heavy atom. The summed E-state index contributed by atoms with van der Waals surface area (Å²) in [6.45, 7) is 7.99. The number of hydrogen-bond acceptors (Lipinski definition) is 6. The molecule has 1 N–H and O–H groups in total. The molecule has 1 fully saturated rings. The third-order valence-electron chi connectivity index (χ3n) is 4.37. The van der Waals surface area contributed by atoms with E-state index in [1.54, 1.807) is 6.07 Å². The molecule has 1 aliphatic heterocycles. The number of likely N-dealkylation sites (tertiary alicyclic amines) is 1. The van der Waals surface area contributed by atoms with Gasteiger partial charge in [-0.2, -0.15) is 10.1 Å². The number of aromatic nitrogens is 4. The molecule has 0 unspecified atom stereocenters. The van der Waals surface area contributed by atoms with Crippen LogP contribution < -0.4 is 0 Å². The molecule has 2 aromatic heterocycles. The van der Waals surface area contributed by atoms with E-state index in [0.29, 0.717) is 30.5 Å². The fraction of sp³-hybridized carbons (Fsp3) is 0.625. The largest absolute Gasteiger partial charge is 0.339 e. The predicted molar refractivity (Wildman–Crippen MR) is 87.5 cm³/mol. The number of likely N-dealkylation sites (N-methyl/N-ethyl adjacent to an activating group) is 1. The summed E-state index contributed by atoms with van der Waals surface area (Å²) in [6, 6.07) is 2.07. The van der Waals surface area contributed by atoms with Crippen LogP contribution in [0.1, 0.15) is 54.1 Å². The lowest BCUT2D eigenvalue weighted by molar-refractivity contribution is 0.0773. The molecule has 1 saturated heterocycles. The molecule has 1 amide bonds. The number of carbonyl (C=O) groups is 1. The minimum Gasteiger partial charge on any atom is -0.339 e. The molecule has 130 valence electrons. The van der Waals surface area contributed by atoms with Gasteiger partial charge < -0.3 is 9.42 Å². The number of carbonyl (C=O) groups excluding carboxylic acids is 1. The van der Waals surface area contributed by atoms with Crippen LogP contribution >= 0.6 is 0 Å². The predicted octanol–water partition coefficient (Wildman–Crippen LogP) is 1.57. The normalized spacial score (nSPS) is 18.1. The molecule has 1 aliphatic rings. The summed E-state index contributed by atoms with van der Waals surface area (Å²) in [5, 5.41) is 10.9. The summed E-state index contributed by atoms with van der Waals surface area (Å²) in [6.07, 6.45) is 0.931. The number of nitrogens with one attached hydrogen (secondary N) is 1. The number of nitrogens with zero attached hydrogens (tertiary/aromatic N) is 5. The minimum atomic E-state index is -0.0168. The molecule has 8 heteroatoms. The highest BCUT2D eigenvalue weighted by atomic mass is 16.5. The van der Waals surface area contributed by atoms with Crippen molar-refractivity contribution in [2.24, 2.45) is 0 Å². The second-order valence-electron chi connectivity index (χ2n) is 6.75. The van der Waals surface area contributed by atoms with E-state index in [2.05, 4.69) is 25.2 Å². The van der Waals surface area contributed by atoms with Gasteiger partial charge in [0.1, 0.15) is 5.69 Å².